The quantitative estimate of drug-likeness (QED) is 0.795. The largest absolute Gasteiger partial charge is 0.312 e. The molecule has 0 atom stereocenters. The summed E-state index contributed by atoms with van der Waals surface area (Å²) >= 11 is 7.41. The van der Waals surface area contributed by atoms with E-state index in [4.69, 9.17) is 11.6 Å². The third-order valence-corrected chi connectivity index (χ3v) is 4.99. The van der Waals surface area contributed by atoms with Crippen LogP contribution in [0, 0.1) is 0 Å². The topological polar surface area (TPSA) is 34.9 Å². The number of hydrogen-bond donors (Lipinski definition) is 0. The van der Waals surface area contributed by atoms with Crippen LogP contribution in [-0.2, 0) is 31.7 Å². The fourth-order valence-corrected chi connectivity index (χ4v) is 3.86. The molecule has 0 fully saturated rings. The lowest BCUT2D eigenvalue weighted by molar-refractivity contribution is 0.597. The molecule has 0 saturated heterocycles. The van der Waals surface area contributed by atoms with Gasteiger partial charge in [0.1, 0.15) is 0 Å². The SMILES string of the molecule is O=c1ccc2c(n1CCCc1nc(CCl)cs1)CCC2. The molecule has 0 saturated carbocycles. The summed E-state index contributed by atoms with van der Waals surface area (Å²) in [6.45, 7) is 0.789. The van der Waals surface area contributed by atoms with Crippen molar-refractivity contribution in [2.45, 2.75) is 44.5 Å². The van der Waals surface area contributed by atoms with Gasteiger partial charge < -0.3 is 4.57 Å². The predicted octanol–water partition coefficient (Wildman–Crippen LogP) is 3.17. The van der Waals surface area contributed by atoms with Crippen molar-refractivity contribution in [1.82, 2.24) is 9.55 Å². The molecule has 1 aliphatic rings. The number of thiazole rings is 1. The number of nitrogens with zero attached hydrogens (tertiary/aromatic N) is 2. The molecule has 20 heavy (non-hydrogen) atoms. The van der Waals surface area contributed by atoms with E-state index < -0.39 is 0 Å². The average molecular weight is 309 g/mol. The second-order valence-corrected chi connectivity index (χ2v) is 6.33. The van der Waals surface area contributed by atoms with Crippen molar-refractivity contribution >= 4 is 22.9 Å². The highest BCUT2D eigenvalue weighted by atomic mass is 35.5. The van der Waals surface area contributed by atoms with Gasteiger partial charge in [-0.3, -0.25) is 4.79 Å². The average Bonchev–Trinajstić information content (AvgIpc) is 3.09. The van der Waals surface area contributed by atoms with Gasteiger partial charge in [-0.15, -0.1) is 22.9 Å². The zero-order chi connectivity index (χ0) is 13.9. The molecule has 106 valence electrons. The lowest BCUT2D eigenvalue weighted by Crippen LogP contribution is -2.23. The first-order valence-corrected chi connectivity index (χ1v) is 8.40. The molecule has 3 rings (SSSR count). The van der Waals surface area contributed by atoms with Gasteiger partial charge >= 0.3 is 0 Å². The molecule has 0 bridgehead atoms. The monoisotopic (exact) mass is 308 g/mol. The van der Waals surface area contributed by atoms with Crippen LogP contribution >= 0.6 is 22.9 Å². The van der Waals surface area contributed by atoms with Gasteiger partial charge in [-0.25, -0.2) is 4.98 Å². The Bertz CT molecular complexity index is 662. The number of rotatable bonds is 5. The van der Waals surface area contributed by atoms with Gasteiger partial charge in [-0.2, -0.15) is 0 Å². The Morgan fingerprint density at radius 3 is 3.05 bits per heavy atom. The Balaban J connectivity index is 1.67. The van der Waals surface area contributed by atoms with Gasteiger partial charge in [-0.05, 0) is 31.2 Å². The van der Waals surface area contributed by atoms with Crippen molar-refractivity contribution in [2.24, 2.45) is 0 Å². The Morgan fingerprint density at radius 2 is 2.25 bits per heavy atom. The summed E-state index contributed by atoms with van der Waals surface area (Å²) < 4.78 is 1.96. The minimum Gasteiger partial charge on any atom is -0.312 e. The summed E-state index contributed by atoms with van der Waals surface area (Å²) in [6.07, 6.45) is 5.19. The fraction of sp³-hybridized carbons (Fsp3) is 0.467. The molecule has 2 aromatic heterocycles. The van der Waals surface area contributed by atoms with Crippen molar-refractivity contribution in [1.29, 1.82) is 0 Å². The molecule has 5 heteroatoms. The molecular weight excluding hydrogens is 292 g/mol. The number of hydrogen-bond acceptors (Lipinski definition) is 3. The van der Waals surface area contributed by atoms with Gasteiger partial charge in [0.15, 0.2) is 0 Å². The summed E-state index contributed by atoms with van der Waals surface area (Å²) in [6, 6.07) is 3.70. The van der Waals surface area contributed by atoms with Crippen LogP contribution in [0.4, 0.5) is 0 Å². The van der Waals surface area contributed by atoms with Crippen LogP contribution in [0.3, 0.4) is 0 Å². The van der Waals surface area contributed by atoms with E-state index in [0.717, 1.165) is 42.9 Å². The van der Waals surface area contributed by atoms with Crippen LogP contribution < -0.4 is 5.56 Å². The fourth-order valence-electron chi connectivity index (χ4n) is 2.79. The Labute approximate surface area is 127 Å². The molecule has 2 aromatic rings. The van der Waals surface area contributed by atoms with Crippen LogP contribution in [-0.4, -0.2) is 9.55 Å². The summed E-state index contributed by atoms with van der Waals surface area (Å²) in [5.41, 5.74) is 3.68. The number of halogens is 1. The zero-order valence-electron chi connectivity index (χ0n) is 11.3. The first kappa shape index (κ1) is 13.8. The summed E-state index contributed by atoms with van der Waals surface area (Å²) in [5.74, 6) is 0.474. The van der Waals surface area contributed by atoms with Crippen LogP contribution in [0.1, 0.15) is 34.8 Å². The van der Waals surface area contributed by atoms with E-state index in [1.165, 1.54) is 17.7 Å². The van der Waals surface area contributed by atoms with Crippen molar-refractivity contribution in [3.63, 3.8) is 0 Å². The van der Waals surface area contributed by atoms with E-state index in [2.05, 4.69) is 4.98 Å². The van der Waals surface area contributed by atoms with Gasteiger partial charge in [-0.1, -0.05) is 6.07 Å². The number of alkyl halides is 1. The third kappa shape index (κ3) is 2.81. The van der Waals surface area contributed by atoms with Gasteiger partial charge in [0, 0.05) is 30.1 Å². The van der Waals surface area contributed by atoms with Crippen LogP contribution in [0.15, 0.2) is 22.3 Å². The molecule has 1 aliphatic carbocycles. The number of fused-ring (bicyclic) bond motifs is 1. The van der Waals surface area contributed by atoms with Crippen molar-refractivity contribution in [3.05, 3.63) is 49.8 Å². The smallest absolute Gasteiger partial charge is 0.250 e. The molecule has 0 N–H and O–H groups in total. The van der Waals surface area contributed by atoms with E-state index in [9.17, 15) is 4.79 Å². The van der Waals surface area contributed by atoms with Crippen molar-refractivity contribution in [3.8, 4) is 0 Å². The van der Waals surface area contributed by atoms with Crippen LogP contribution in [0.5, 0.6) is 0 Å². The van der Waals surface area contributed by atoms with Gasteiger partial charge in [0.25, 0.3) is 5.56 Å². The molecular formula is C15H17ClN2OS. The maximum atomic E-state index is 12.0. The van der Waals surface area contributed by atoms with Gasteiger partial charge in [0.2, 0.25) is 0 Å². The molecule has 0 amide bonds. The Morgan fingerprint density at radius 1 is 1.35 bits per heavy atom. The summed E-state index contributed by atoms with van der Waals surface area (Å²) in [4.78, 5) is 16.5. The van der Waals surface area contributed by atoms with E-state index >= 15 is 0 Å². The highest BCUT2D eigenvalue weighted by Crippen LogP contribution is 2.20. The molecule has 0 aliphatic heterocycles. The summed E-state index contributed by atoms with van der Waals surface area (Å²) in [7, 11) is 0. The molecule has 0 spiro atoms. The minimum atomic E-state index is 0.131. The molecule has 0 aromatic carbocycles. The summed E-state index contributed by atoms with van der Waals surface area (Å²) in [5, 5.41) is 3.12. The zero-order valence-corrected chi connectivity index (χ0v) is 12.8. The minimum absolute atomic E-state index is 0.131. The first-order valence-electron chi connectivity index (χ1n) is 6.99. The van der Waals surface area contributed by atoms with Crippen LogP contribution in [0.25, 0.3) is 0 Å². The predicted molar refractivity (Wildman–Crippen MR) is 82.7 cm³/mol. The van der Waals surface area contributed by atoms with E-state index in [0.29, 0.717) is 5.88 Å². The van der Waals surface area contributed by atoms with Crippen molar-refractivity contribution in [2.75, 3.05) is 0 Å². The normalized spacial score (nSPS) is 13.7. The lowest BCUT2D eigenvalue weighted by atomic mass is 10.2. The standard InChI is InChI=1S/C15H17ClN2OS/c16-9-12-10-20-14(17-12)5-2-8-18-13-4-1-3-11(13)6-7-15(18)19/h6-7,10H,1-5,8-9H2. The number of aryl methyl sites for hydroxylation is 2. The number of pyridine rings is 1. The van der Waals surface area contributed by atoms with E-state index in [1.54, 1.807) is 17.4 Å². The Kier molecular flexibility index (Phi) is 4.22. The highest BCUT2D eigenvalue weighted by molar-refractivity contribution is 7.09. The second-order valence-electron chi connectivity index (χ2n) is 5.12. The highest BCUT2D eigenvalue weighted by Gasteiger charge is 2.15. The molecule has 2 heterocycles. The number of aromatic nitrogens is 2. The van der Waals surface area contributed by atoms with Crippen molar-refractivity contribution < 1.29 is 0 Å². The molecule has 0 unspecified atom stereocenters. The molecule has 0 radical (unpaired) electrons. The first-order chi connectivity index (χ1) is 9.78. The van der Waals surface area contributed by atoms with E-state index in [-0.39, 0.29) is 5.56 Å². The molecule has 3 nitrogen and oxygen atoms in total. The third-order valence-electron chi connectivity index (χ3n) is 3.76. The maximum Gasteiger partial charge on any atom is 0.250 e. The van der Waals surface area contributed by atoms with Crippen LogP contribution in [0.2, 0.25) is 0 Å². The second kappa shape index (κ2) is 6.10. The lowest BCUT2D eigenvalue weighted by Gasteiger charge is -2.11. The Hall–Kier alpha value is -1.13. The van der Waals surface area contributed by atoms with E-state index in [1.807, 2.05) is 16.0 Å². The maximum absolute atomic E-state index is 12.0. The van der Waals surface area contributed by atoms with Gasteiger partial charge in [0.05, 0.1) is 16.6 Å².